The quantitative estimate of drug-likeness (QED) is 0.853. The first-order chi connectivity index (χ1) is 9.56. The van der Waals surface area contributed by atoms with Crippen molar-refractivity contribution in [1.82, 2.24) is 9.97 Å². The molecule has 0 aliphatic heterocycles. The first-order valence-electron chi connectivity index (χ1n) is 6.98. The van der Waals surface area contributed by atoms with E-state index in [9.17, 15) is 0 Å². The smallest absolute Gasteiger partial charge is 0.224 e. The maximum atomic E-state index is 4.48. The van der Waals surface area contributed by atoms with Crippen LogP contribution in [-0.2, 0) is 6.42 Å². The van der Waals surface area contributed by atoms with Gasteiger partial charge in [-0.05, 0) is 39.8 Å². The van der Waals surface area contributed by atoms with Crippen LogP contribution in [-0.4, -0.2) is 22.6 Å². The molecule has 20 heavy (non-hydrogen) atoms. The highest BCUT2D eigenvalue weighted by molar-refractivity contribution is 7.11. The molecule has 1 unspecified atom stereocenters. The molecule has 0 fully saturated rings. The van der Waals surface area contributed by atoms with Crippen molar-refractivity contribution in [2.75, 3.05) is 17.2 Å². The van der Waals surface area contributed by atoms with Crippen molar-refractivity contribution in [3.05, 3.63) is 33.6 Å². The van der Waals surface area contributed by atoms with E-state index in [0.717, 1.165) is 24.5 Å². The number of nitrogens with one attached hydrogen (secondary N) is 2. The van der Waals surface area contributed by atoms with Crippen LogP contribution in [0.15, 0.2) is 18.2 Å². The predicted octanol–water partition coefficient (Wildman–Crippen LogP) is 3.63. The molecule has 2 N–H and O–H groups in total. The monoisotopic (exact) mass is 290 g/mol. The molecule has 2 aromatic rings. The lowest BCUT2D eigenvalue weighted by Gasteiger charge is -2.15. The van der Waals surface area contributed by atoms with Crippen LogP contribution in [0.25, 0.3) is 0 Å². The van der Waals surface area contributed by atoms with Gasteiger partial charge in [0.1, 0.15) is 5.82 Å². The summed E-state index contributed by atoms with van der Waals surface area (Å²) in [6, 6.07) is 6.70. The van der Waals surface area contributed by atoms with E-state index in [1.807, 2.05) is 31.3 Å². The molecule has 5 heteroatoms. The van der Waals surface area contributed by atoms with Crippen LogP contribution in [0.1, 0.15) is 29.3 Å². The van der Waals surface area contributed by atoms with Gasteiger partial charge in [0.25, 0.3) is 0 Å². The first kappa shape index (κ1) is 14.8. The van der Waals surface area contributed by atoms with Gasteiger partial charge in [0.05, 0.1) is 0 Å². The van der Waals surface area contributed by atoms with Gasteiger partial charge in [-0.2, -0.15) is 4.98 Å². The van der Waals surface area contributed by atoms with Crippen LogP contribution in [0.2, 0.25) is 0 Å². The van der Waals surface area contributed by atoms with Crippen LogP contribution in [0, 0.1) is 13.8 Å². The highest BCUT2D eigenvalue weighted by Gasteiger charge is 2.08. The molecule has 0 amide bonds. The summed E-state index contributed by atoms with van der Waals surface area (Å²) < 4.78 is 0. The van der Waals surface area contributed by atoms with Crippen molar-refractivity contribution in [3.63, 3.8) is 0 Å². The maximum Gasteiger partial charge on any atom is 0.224 e. The average molecular weight is 290 g/mol. The Bertz CT molecular complexity index is 565. The molecule has 0 aliphatic carbocycles. The first-order valence-corrected chi connectivity index (χ1v) is 7.80. The molecule has 4 nitrogen and oxygen atoms in total. The van der Waals surface area contributed by atoms with Crippen LogP contribution >= 0.6 is 11.3 Å². The molecule has 1 atom stereocenters. The van der Waals surface area contributed by atoms with Gasteiger partial charge in [0, 0.05) is 40.5 Å². The van der Waals surface area contributed by atoms with Crippen molar-refractivity contribution in [1.29, 1.82) is 0 Å². The SMILES string of the molecule is CCNc1nc(C)cc(NC(C)Cc2ccc(C)s2)n1. The fourth-order valence-corrected chi connectivity index (χ4v) is 3.10. The van der Waals surface area contributed by atoms with Gasteiger partial charge < -0.3 is 10.6 Å². The number of thiophene rings is 1. The summed E-state index contributed by atoms with van der Waals surface area (Å²) in [6.45, 7) is 9.18. The minimum atomic E-state index is 0.344. The van der Waals surface area contributed by atoms with E-state index in [1.165, 1.54) is 9.75 Å². The summed E-state index contributed by atoms with van der Waals surface area (Å²) in [5, 5.41) is 6.61. The molecule has 0 aromatic carbocycles. The molecule has 0 saturated carbocycles. The minimum absolute atomic E-state index is 0.344. The fourth-order valence-electron chi connectivity index (χ4n) is 2.08. The van der Waals surface area contributed by atoms with Crippen molar-refractivity contribution in [2.24, 2.45) is 0 Å². The lowest BCUT2D eigenvalue weighted by Crippen LogP contribution is -2.19. The Kier molecular flexibility index (Phi) is 4.95. The Hall–Kier alpha value is -1.62. The predicted molar refractivity (Wildman–Crippen MR) is 86.8 cm³/mol. The number of hydrogen-bond acceptors (Lipinski definition) is 5. The third-order valence-corrected chi connectivity index (χ3v) is 3.91. The number of hydrogen-bond donors (Lipinski definition) is 2. The zero-order chi connectivity index (χ0) is 14.5. The zero-order valence-corrected chi connectivity index (χ0v) is 13.3. The van der Waals surface area contributed by atoms with E-state index < -0.39 is 0 Å². The highest BCUT2D eigenvalue weighted by Crippen LogP contribution is 2.18. The molecular formula is C15H22N4S. The van der Waals surface area contributed by atoms with Gasteiger partial charge in [-0.25, -0.2) is 4.98 Å². The average Bonchev–Trinajstić information content (AvgIpc) is 2.74. The van der Waals surface area contributed by atoms with Gasteiger partial charge in [-0.3, -0.25) is 0 Å². The Morgan fingerprint density at radius 1 is 1.25 bits per heavy atom. The van der Waals surface area contributed by atoms with E-state index in [1.54, 1.807) is 0 Å². The topological polar surface area (TPSA) is 49.8 Å². The largest absolute Gasteiger partial charge is 0.367 e. The molecule has 0 spiro atoms. The van der Waals surface area contributed by atoms with Gasteiger partial charge in [-0.15, -0.1) is 11.3 Å². The summed E-state index contributed by atoms with van der Waals surface area (Å²) in [7, 11) is 0. The zero-order valence-electron chi connectivity index (χ0n) is 12.5. The van der Waals surface area contributed by atoms with Crippen LogP contribution < -0.4 is 10.6 Å². The summed E-state index contributed by atoms with van der Waals surface area (Å²) in [6.07, 6.45) is 1.01. The third-order valence-electron chi connectivity index (χ3n) is 2.89. The van der Waals surface area contributed by atoms with E-state index in [4.69, 9.17) is 0 Å². The number of aromatic nitrogens is 2. The number of nitrogens with zero attached hydrogens (tertiary/aromatic N) is 2. The Balaban J connectivity index is 2.01. The van der Waals surface area contributed by atoms with Crippen molar-refractivity contribution in [2.45, 2.75) is 40.2 Å². The maximum absolute atomic E-state index is 4.48. The summed E-state index contributed by atoms with van der Waals surface area (Å²) >= 11 is 1.86. The minimum Gasteiger partial charge on any atom is -0.367 e. The van der Waals surface area contributed by atoms with Crippen molar-refractivity contribution < 1.29 is 0 Å². The Morgan fingerprint density at radius 3 is 2.70 bits per heavy atom. The van der Waals surface area contributed by atoms with E-state index >= 15 is 0 Å². The van der Waals surface area contributed by atoms with Crippen LogP contribution in [0.3, 0.4) is 0 Å². The number of anilines is 2. The standard InChI is InChI=1S/C15H22N4S/c1-5-16-15-18-11(3)9-14(19-15)17-10(2)8-13-7-6-12(4)20-13/h6-7,9-10H,5,8H2,1-4H3,(H2,16,17,18,19). The second kappa shape index (κ2) is 6.70. The second-order valence-electron chi connectivity index (χ2n) is 5.01. The van der Waals surface area contributed by atoms with E-state index in [0.29, 0.717) is 12.0 Å². The Labute approximate surface area is 124 Å². The summed E-state index contributed by atoms with van der Waals surface area (Å²) in [5.41, 5.74) is 0.970. The van der Waals surface area contributed by atoms with Gasteiger partial charge in [0.2, 0.25) is 5.95 Å². The normalized spacial score (nSPS) is 12.2. The van der Waals surface area contributed by atoms with Crippen LogP contribution in [0.5, 0.6) is 0 Å². The molecule has 2 heterocycles. The highest BCUT2D eigenvalue weighted by atomic mass is 32.1. The van der Waals surface area contributed by atoms with Gasteiger partial charge >= 0.3 is 0 Å². The molecular weight excluding hydrogens is 268 g/mol. The number of rotatable bonds is 6. The fraction of sp³-hybridized carbons (Fsp3) is 0.467. The lowest BCUT2D eigenvalue weighted by molar-refractivity contribution is 0.793. The molecule has 2 rings (SSSR count). The van der Waals surface area contributed by atoms with Gasteiger partial charge in [0.15, 0.2) is 0 Å². The lowest BCUT2D eigenvalue weighted by atomic mass is 10.2. The van der Waals surface area contributed by atoms with Crippen molar-refractivity contribution in [3.8, 4) is 0 Å². The number of aryl methyl sites for hydroxylation is 2. The van der Waals surface area contributed by atoms with Gasteiger partial charge in [-0.1, -0.05) is 0 Å². The van der Waals surface area contributed by atoms with Crippen LogP contribution in [0.4, 0.5) is 11.8 Å². The molecule has 2 aromatic heterocycles. The molecule has 0 saturated heterocycles. The molecule has 0 aliphatic rings. The van der Waals surface area contributed by atoms with E-state index in [2.05, 4.69) is 46.6 Å². The van der Waals surface area contributed by atoms with E-state index in [-0.39, 0.29) is 0 Å². The second-order valence-corrected chi connectivity index (χ2v) is 6.38. The Morgan fingerprint density at radius 2 is 2.05 bits per heavy atom. The molecule has 0 bridgehead atoms. The third kappa shape index (κ3) is 4.20. The van der Waals surface area contributed by atoms with Crippen molar-refractivity contribution >= 4 is 23.1 Å². The summed E-state index contributed by atoms with van der Waals surface area (Å²) in [5.74, 6) is 1.57. The molecule has 0 radical (unpaired) electrons. The molecule has 108 valence electrons. The summed E-state index contributed by atoms with van der Waals surface area (Å²) in [4.78, 5) is 11.6.